The minimum absolute atomic E-state index is 0.0753. The van der Waals surface area contributed by atoms with Crippen LogP contribution in [0, 0.1) is 5.92 Å². The van der Waals surface area contributed by atoms with E-state index >= 15 is 0 Å². The molecule has 1 aliphatic rings. The number of para-hydroxylation sites is 1. The molecule has 1 amide bonds. The summed E-state index contributed by atoms with van der Waals surface area (Å²) in [5, 5.41) is 9.66. The number of likely N-dealkylation sites (tertiary alicyclic amines) is 1. The lowest BCUT2D eigenvalue weighted by molar-refractivity contribution is -0.132. The van der Waals surface area contributed by atoms with Crippen LogP contribution in [0.3, 0.4) is 0 Å². The van der Waals surface area contributed by atoms with Gasteiger partial charge >= 0.3 is 0 Å². The lowest BCUT2D eigenvalue weighted by Crippen LogP contribution is -2.41. The Hall–Kier alpha value is -1.22. The molecule has 1 fully saturated rings. The van der Waals surface area contributed by atoms with Crippen molar-refractivity contribution in [2.45, 2.75) is 19.3 Å². The number of alkyl halides is 1. The van der Waals surface area contributed by atoms with E-state index in [-0.39, 0.29) is 18.1 Å². The lowest BCUT2D eigenvalue weighted by atomic mass is 9.99. The van der Waals surface area contributed by atoms with Crippen LogP contribution in [0.2, 0.25) is 0 Å². The number of benzene rings is 1. The summed E-state index contributed by atoms with van der Waals surface area (Å²) in [5.74, 6) is 1.29. The topological polar surface area (TPSA) is 40.5 Å². The number of amides is 1. The van der Waals surface area contributed by atoms with E-state index in [0.717, 1.165) is 25.9 Å². The van der Waals surface area contributed by atoms with E-state index < -0.39 is 0 Å². The number of halogens is 1. The van der Waals surface area contributed by atoms with Crippen LogP contribution in [0.25, 0.3) is 0 Å². The van der Waals surface area contributed by atoms with Crippen molar-refractivity contribution in [3.8, 4) is 5.75 Å². The number of rotatable bonds is 3. The number of hydrogen-bond acceptors (Lipinski definition) is 2. The van der Waals surface area contributed by atoms with Crippen LogP contribution in [0.4, 0.5) is 0 Å². The first-order valence-electron chi connectivity index (χ1n) is 6.31. The molecule has 1 aliphatic heterocycles. The molecule has 0 aliphatic carbocycles. The Labute approximate surface area is 112 Å². The summed E-state index contributed by atoms with van der Waals surface area (Å²) in [6.07, 6.45) is 2.38. The third kappa shape index (κ3) is 3.16. The van der Waals surface area contributed by atoms with Gasteiger partial charge in [0.15, 0.2) is 0 Å². The molecule has 98 valence electrons. The Bertz CT molecular complexity index is 422. The van der Waals surface area contributed by atoms with Crippen LogP contribution >= 0.6 is 11.6 Å². The summed E-state index contributed by atoms with van der Waals surface area (Å²) in [7, 11) is 0. The van der Waals surface area contributed by atoms with Crippen molar-refractivity contribution in [2.24, 2.45) is 5.92 Å². The summed E-state index contributed by atoms with van der Waals surface area (Å²) < 4.78 is 0. The molecule has 2 rings (SSSR count). The fraction of sp³-hybridized carbons (Fsp3) is 0.500. The second-order valence-electron chi connectivity index (χ2n) is 4.81. The summed E-state index contributed by atoms with van der Waals surface area (Å²) in [4.78, 5) is 14.0. The molecular weight excluding hydrogens is 250 g/mol. The Morgan fingerprint density at radius 1 is 1.44 bits per heavy atom. The number of carbonyl (C=O) groups is 1. The molecule has 0 radical (unpaired) electrons. The standard InChI is InChI=1S/C14H18ClNO2/c15-9-11-4-3-7-16(10-11)14(18)8-12-5-1-2-6-13(12)17/h1-2,5-6,11,17H,3-4,7-10H2. The number of hydrogen-bond donors (Lipinski definition) is 1. The Morgan fingerprint density at radius 3 is 2.94 bits per heavy atom. The van der Waals surface area contributed by atoms with Crippen LogP contribution < -0.4 is 0 Å². The maximum absolute atomic E-state index is 12.2. The molecule has 0 aromatic heterocycles. The molecule has 1 N–H and O–H groups in total. The minimum Gasteiger partial charge on any atom is -0.508 e. The number of nitrogens with zero attached hydrogens (tertiary/aromatic N) is 1. The summed E-state index contributed by atoms with van der Waals surface area (Å²) in [5.41, 5.74) is 0.690. The summed E-state index contributed by atoms with van der Waals surface area (Å²) in [6.45, 7) is 1.55. The molecule has 0 saturated carbocycles. The fourth-order valence-corrected chi connectivity index (χ4v) is 2.60. The van der Waals surface area contributed by atoms with Crippen molar-refractivity contribution in [3.05, 3.63) is 29.8 Å². The van der Waals surface area contributed by atoms with Gasteiger partial charge in [0, 0.05) is 24.5 Å². The second-order valence-corrected chi connectivity index (χ2v) is 5.12. The zero-order chi connectivity index (χ0) is 13.0. The van der Waals surface area contributed by atoms with E-state index in [0.29, 0.717) is 17.4 Å². The third-order valence-corrected chi connectivity index (χ3v) is 3.86. The van der Waals surface area contributed by atoms with Crippen molar-refractivity contribution in [1.29, 1.82) is 0 Å². The monoisotopic (exact) mass is 267 g/mol. The molecule has 0 spiro atoms. The Morgan fingerprint density at radius 2 is 2.22 bits per heavy atom. The lowest BCUT2D eigenvalue weighted by Gasteiger charge is -2.32. The molecule has 1 unspecified atom stereocenters. The maximum Gasteiger partial charge on any atom is 0.227 e. The molecule has 1 heterocycles. The van der Waals surface area contributed by atoms with Gasteiger partial charge in [0.1, 0.15) is 5.75 Å². The van der Waals surface area contributed by atoms with Crippen molar-refractivity contribution in [2.75, 3.05) is 19.0 Å². The van der Waals surface area contributed by atoms with Crippen molar-refractivity contribution >= 4 is 17.5 Å². The van der Waals surface area contributed by atoms with E-state index in [4.69, 9.17) is 11.6 Å². The van der Waals surface area contributed by atoms with Crippen LogP contribution in [0.1, 0.15) is 18.4 Å². The molecule has 1 atom stereocenters. The Balaban J connectivity index is 1.97. The first kappa shape index (κ1) is 13.2. The predicted octanol–water partition coefficient (Wildman–Crippen LogP) is 2.41. The minimum atomic E-state index is 0.0753. The van der Waals surface area contributed by atoms with Gasteiger partial charge in [-0.1, -0.05) is 18.2 Å². The smallest absolute Gasteiger partial charge is 0.227 e. The van der Waals surface area contributed by atoms with Crippen molar-refractivity contribution < 1.29 is 9.90 Å². The highest BCUT2D eigenvalue weighted by atomic mass is 35.5. The first-order chi connectivity index (χ1) is 8.70. The molecule has 0 bridgehead atoms. The van der Waals surface area contributed by atoms with Crippen LogP contribution in [-0.4, -0.2) is 34.9 Å². The van der Waals surface area contributed by atoms with Gasteiger partial charge in [0.2, 0.25) is 5.91 Å². The zero-order valence-corrected chi connectivity index (χ0v) is 11.1. The fourth-order valence-electron chi connectivity index (χ4n) is 2.35. The van der Waals surface area contributed by atoms with Gasteiger partial charge in [0.25, 0.3) is 0 Å². The molecule has 18 heavy (non-hydrogen) atoms. The number of carbonyl (C=O) groups excluding carboxylic acids is 1. The molecule has 3 nitrogen and oxygen atoms in total. The number of phenolic OH excluding ortho intramolecular Hbond substituents is 1. The normalized spacial score (nSPS) is 19.8. The third-order valence-electron chi connectivity index (χ3n) is 3.42. The van der Waals surface area contributed by atoms with Gasteiger partial charge in [-0.2, -0.15) is 0 Å². The van der Waals surface area contributed by atoms with Crippen LogP contribution in [-0.2, 0) is 11.2 Å². The molecule has 4 heteroatoms. The molecule has 1 aromatic rings. The average Bonchev–Trinajstić information content (AvgIpc) is 2.41. The van der Waals surface area contributed by atoms with Gasteiger partial charge < -0.3 is 10.0 Å². The van der Waals surface area contributed by atoms with E-state index in [1.165, 1.54) is 0 Å². The SMILES string of the molecule is O=C(Cc1ccccc1O)N1CCCC(CCl)C1. The predicted molar refractivity (Wildman–Crippen MR) is 71.8 cm³/mol. The van der Waals surface area contributed by atoms with E-state index in [2.05, 4.69) is 0 Å². The highest BCUT2D eigenvalue weighted by molar-refractivity contribution is 6.18. The highest BCUT2D eigenvalue weighted by Gasteiger charge is 2.23. The Kier molecular flexibility index (Phi) is 4.48. The average molecular weight is 268 g/mol. The van der Waals surface area contributed by atoms with E-state index in [1.807, 2.05) is 11.0 Å². The molecule has 1 saturated heterocycles. The van der Waals surface area contributed by atoms with Gasteiger partial charge in [0.05, 0.1) is 6.42 Å². The highest BCUT2D eigenvalue weighted by Crippen LogP contribution is 2.21. The molecule has 1 aromatic carbocycles. The largest absolute Gasteiger partial charge is 0.508 e. The number of aromatic hydroxyl groups is 1. The van der Waals surface area contributed by atoms with E-state index in [1.54, 1.807) is 18.2 Å². The van der Waals surface area contributed by atoms with Gasteiger partial charge in [-0.25, -0.2) is 0 Å². The van der Waals surface area contributed by atoms with Gasteiger partial charge in [-0.3, -0.25) is 4.79 Å². The zero-order valence-electron chi connectivity index (χ0n) is 10.3. The quantitative estimate of drug-likeness (QED) is 0.855. The molecular formula is C14H18ClNO2. The van der Waals surface area contributed by atoms with E-state index in [9.17, 15) is 9.90 Å². The van der Waals surface area contributed by atoms with Gasteiger partial charge in [-0.05, 0) is 24.8 Å². The van der Waals surface area contributed by atoms with Crippen LogP contribution in [0.15, 0.2) is 24.3 Å². The number of phenols is 1. The van der Waals surface area contributed by atoms with Crippen molar-refractivity contribution in [1.82, 2.24) is 4.90 Å². The van der Waals surface area contributed by atoms with Crippen molar-refractivity contribution in [3.63, 3.8) is 0 Å². The maximum atomic E-state index is 12.2. The van der Waals surface area contributed by atoms with Crippen LogP contribution in [0.5, 0.6) is 5.75 Å². The second kappa shape index (κ2) is 6.10. The number of piperidine rings is 1. The summed E-state index contributed by atoms with van der Waals surface area (Å²) in [6, 6.07) is 6.99. The summed E-state index contributed by atoms with van der Waals surface area (Å²) >= 11 is 5.86. The first-order valence-corrected chi connectivity index (χ1v) is 6.84. The van der Waals surface area contributed by atoms with Gasteiger partial charge in [-0.15, -0.1) is 11.6 Å².